The zero-order chi connectivity index (χ0) is 8.55. The Balaban J connectivity index is 2.96. The number of hydrogen-bond donors (Lipinski definition) is 1. The summed E-state index contributed by atoms with van der Waals surface area (Å²) in [4.78, 5) is 16.7. The van der Waals surface area contributed by atoms with Gasteiger partial charge in [0, 0.05) is 6.20 Å². The predicted molar refractivity (Wildman–Crippen MR) is 48.5 cm³/mol. The molecule has 2 rings (SSSR count). The molecule has 0 atom stereocenters. The minimum atomic E-state index is -0.432. The van der Waals surface area contributed by atoms with Gasteiger partial charge in [-0.15, -0.1) is 10.2 Å². The molecule has 0 aliphatic heterocycles. The first-order valence-electron chi connectivity index (χ1n) is 3.01. The lowest BCUT2D eigenvalue weighted by Crippen LogP contribution is -2.10. The first-order chi connectivity index (χ1) is 5.77. The molecule has 0 aromatic carbocycles. The number of halogens is 1. The number of rotatable bonds is 0. The van der Waals surface area contributed by atoms with Crippen LogP contribution in [0.3, 0.4) is 0 Å². The molecule has 0 bridgehead atoms. The number of nitrogens with one attached hydrogen (secondary N) is 1. The van der Waals surface area contributed by atoms with Gasteiger partial charge in [-0.05, 0) is 27.8 Å². The highest BCUT2D eigenvalue weighted by atomic mass is 127. The average Bonchev–Trinajstić information content (AvgIpc) is 2.04. The van der Waals surface area contributed by atoms with Gasteiger partial charge in [0.05, 0.1) is 5.39 Å². The summed E-state index contributed by atoms with van der Waals surface area (Å²) in [6.07, 6.45) is 1.43. The third-order valence-electron chi connectivity index (χ3n) is 1.29. The van der Waals surface area contributed by atoms with Crippen LogP contribution in [0.1, 0.15) is 0 Å². The quantitative estimate of drug-likeness (QED) is 0.668. The molecule has 0 fully saturated rings. The van der Waals surface area contributed by atoms with Crippen molar-refractivity contribution in [1.82, 2.24) is 25.4 Å². The van der Waals surface area contributed by atoms with E-state index in [4.69, 9.17) is 0 Å². The van der Waals surface area contributed by atoms with E-state index in [1.165, 1.54) is 6.20 Å². The van der Waals surface area contributed by atoms with E-state index in [1.54, 1.807) is 0 Å². The Morgan fingerprint density at radius 2 is 2.25 bits per heavy atom. The van der Waals surface area contributed by atoms with Gasteiger partial charge < -0.3 is 0 Å². The Labute approximate surface area is 79.6 Å². The van der Waals surface area contributed by atoms with Gasteiger partial charge in [0.25, 0.3) is 0 Å². The lowest BCUT2D eigenvalue weighted by molar-refractivity contribution is 0.862. The number of aromatic amines is 1. The summed E-state index contributed by atoms with van der Waals surface area (Å²) in [5.74, 6) is 0. The molecule has 0 unspecified atom stereocenters. The molecule has 2 aromatic rings. The lowest BCUT2D eigenvalue weighted by atomic mass is 10.4. The first-order valence-corrected chi connectivity index (χ1v) is 4.09. The third kappa shape index (κ3) is 1.15. The van der Waals surface area contributed by atoms with E-state index >= 15 is 0 Å². The van der Waals surface area contributed by atoms with Crippen molar-refractivity contribution >= 4 is 33.6 Å². The van der Waals surface area contributed by atoms with Crippen LogP contribution in [0.2, 0.25) is 0 Å². The molecule has 60 valence electrons. The Morgan fingerprint density at radius 1 is 1.42 bits per heavy atom. The van der Waals surface area contributed by atoms with E-state index in [9.17, 15) is 4.79 Å². The van der Waals surface area contributed by atoms with Crippen LogP contribution in [0.4, 0.5) is 0 Å². The molecule has 7 heteroatoms. The fourth-order valence-corrected chi connectivity index (χ4v) is 1.27. The van der Waals surface area contributed by atoms with Gasteiger partial charge in [-0.2, -0.15) is 0 Å². The standard InChI is InChI=1S/C5H2IN5O/c6-3-2-1-7-5(12)8-4(2)10-11-9-3/h1H,(H,7,8,9,10,12). The predicted octanol–water partition coefficient (Wildman–Crippen LogP) is -0.287. The summed E-state index contributed by atoms with van der Waals surface area (Å²) in [6.45, 7) is 0. The number of aromatic nitrogens is 5. The van der Waals surface area contributed by atoms with Crippen molar-refractivity contribution < 1.29 is 0 Å². The monoisotopic (exact) mass is 275 g/mol. The van der Waals surface area contributed by atoms with Crippen LogP contribution >= 0.6 is 22.6 Å². The normalized spacial score (nSPS) is 10.4. The second-order valence-electron chi connectivity index (χ2n) is 2.03. The fourth-order valence-electron chi connectivity index (χ4n) is 0.775. The number of H-pyrrole nitrogens is 1. The van der Waals surface area contributed by atoms with Crippen molar-refractivity contribution in [2.24, 2.45) is 0 Å². The van der Waals surface area contributed by atoms with Gasteiger partial charge in [0.2, 0.25) is 0 Å². The lowest BCUT2D eigenvalue weighted by Gasteiger charge is -1.93. The summed E-state index contributed by atoms with van der Waals surface area (Å²) in [7, 11) is 0. The van der Waals surface area contributed by atoms with Gasteiger partial charge in [0.1, 0.15) is 3.70 Å². The molecular weight excluding hydrogens is 273 g/mol. The molecule has 0 saturated carbocycles. The molecule has 12 heavy (non-hydrogen) atoms. The highest BCUT2D eigenvalue weighted by Gasteiger charge is 2.01. The number of fused-ring (bicyclic) bond motifs is 1. The molecule has 0 saturated heterocycles. The maximum atomic E-state index is 10.7. The van der Waals surface area contributed by atoms with Crippen LogP contribution < -0.4 is 5.69 Å². The molecule has 1 N–H and O–H groups in total. The van der Waals surface area contributed by atoms with Crippen molar-refractivity contribution in [2.75, 3.05) is 0 Å². The molecule has 0 aliphatic carbocycles. The van der Waals surface area contributed by atoms with Crippen molar-refractivity contribution in [3.05, 3.63) is 20.4 Å². The van der Waals surface area contributed by atoms with E-state index in [-0.39, 0.29) is 0 Å². The summed E-state index contributed by atoms with van der Waals surface area (Å²) in [5.41, 5.74) is -0.0202. The van der Waals surface area contributed by atoms with E-state index in [1.807, 2.05) is 22.6 Å². The molecule has 6 nitrogen and oxygen atoms in total. The number of hydrogen-bond acceptors (Lipinski definition) is 5. The van der Waals surface area contributed by atoms with Gasteiger partial charge in [-0.1, -0.05) is 0 Å². The largest absolute Gasteiger partial charge is 0.346 e. The molecule has 0 spiro atoms. The summed E-state index contributed by atoms with van der Waals surface area (Å²) in [5, 5.41) is 11.5. The Bertz CT molecular complexity index is 480. The smallest absolute Gasteiger partial charge is 0.288 e. The van der Waals surface area contributed by atoms with Gasteiger partial charge in [0.15, 0.2) is 5.65 Å². The minimum absolute atomic E-state index is 0.411. The maximum Gasteiger partial charge on any atom is 0.346 e. The molecule has 0 radical (unpaired) electrons. The van der Waals surface area contributed by atoms with Gasteiger partial charge >= 0.3 is 5.69 Å². The van der Waals surface area contributed by atoms with Crippen LogP contribution in [-0.2, 0) is 0 Å². The second kappa shape index (κ2) is 2.73. The van der Waals surface area contributed by atoms with E-state index in [0.29, 0.717) is 14.7 Å². The maximum absolute atomic E-state index is 10.7. The topological polar surface area (TPSA) is 84.4 Å². The molecular formula is C5H2IN5O. The zero-order valence-corrected chi connectivity index (χ0v) is 7.81. The molecule has 2 heterocycles. The van der Waals surface area contributed by atoms with Crippen LogP contribution in [0.25, 0.3) is 11.0 Å². The van der Waals surface area contributed by atoms with Crippen LogP contribution in [-0.4, -0.2) is 25.4 Å². The molecule has 0 amide bonds. The van der Waals surface area contributed by atoms with Crippen LogP contribution in [0.5, 0.6) is 0 Å². The average molecular weight is 275 g/mol. The van der Waals surface area contributed by atoms with Gasteiger partial charge in [-0.25, -0.2) is 9.78 Å². The van der Waals surface area contributed by atoms with Crippen molar-refractivity contribution in [2.45, 2.75) is 0 Å². The minimum Gasteiger partial charge on any atom is -0.288 e. The fraction of sp³-hybridized carbons (Fsp3) is 0. The summed E-state index contributed by atoms with van der Waals surface area (Å²) in [6, 6.07) is 0. The highest BCUT2D eigenvalue weighted by Crippen LogP contribution is 2.09. The molecule has 0 aliphatic rings. The summed E-state index contributed by atoms with van der Waals surface area (Å²) >= 11 is 1.99. The number of nitrogens with zero attached hydrogens (tertiary/aromatic N) is 4. The van der Waals surface area contributed by atoms with Crippen molar-refractivity contribution in [3.63, 3.8) is 0 Å². The SMILES string of the molecule is O=c1ncc2c(I)nnnc2[nH]1. The third-order valence-corrected chi connectivity index (χ3v) is 2.09. The van der Waals surface area contributed by atoms with E-state index in [0.717, 1.165) is 0 Å². The van der Waals surface area contributed by atoms with E-state index < -0.39 is 5.69 Å². The first kappa shape index (κ1) is 7.53. The summed E-state index contributed by atoms with van der Waals surface area (Å²) < 4.78 is 0.668. The Morgan fingerprint density at radius 3 is 3.08 bits per heavy atom. The molecule has 2 aromatic heterocycles. The van der Waals surface area contributed by atoms with Crippen molar-refractivity contribution in [1.29, 1.82) is 0 Å². The van der Waals surface area contributed by atoms with Gasteiger partial charge in [-0.3, -0.25) is 4.98 Å². The van der Waals surface area contributed by atoms with E-state index in [2.05, 4.69) is 25.4 Å². The van der Waals surface area contributed by atoms with Crippen LogP contribution in [0.15, 0.2) is 11.0 Å². The highest BCUT2D eigenvalue weighted by molar-refractivity contribution is 14.1. The van der Waals surface area contributed by atoms with Crippen molar-refractivity contribution in [3.8, 4) is 0 Å². The van der Waals surface area contributed by atoms with Crippen LogP contribution in [0, 0.1) is 3.70 Å². The second-order valence-corrected chi connectivity index (χ2v) is 3.05. The Kier molecular flexibility index (Phi) is 1.71. The zero-order valence-electron chi connectivity index (χ0n) is 5.65. The Hall–Kier alpha value is -1.12.